The fourth-order valence-electron chi connectivity index (χ4n) is 3.56. The molecule has 0 amide bonds. The Morgan fingerprint density at radius 3 is 2.71 bits per heavy atom. The summed E-state index contributed by atoms with van der Waals surface area (Å²) in [7, 11) is 1.78. The Morgan fingerprint density at radius 1 is 1.24 bits per heavy atom. The van der Waals surface area contributed by atoms with Crippen LogP contribution >= 0.6 is 0 Å². The van der Waals surface area contributed by atoms with Crippen LogP contribution in [0.4, 0.5) is 0 Å². The van der Waals surface area contributed by atoms with Gasteiger partial charge in [0.15, 0.2) is 0 Å². The van der Waals surface area contributed by atoms with Crippen LogP contribution in [0.1, 0.15) is 44.2 Å². The number of hydrogen-bond acceptors (Lipinski definition) is 2. The second-order valence-corrected chi connectivity index (χ2v) is 7.02. The molecule has 1 N–H and O–H groups in total. The van der Waals surface area contributed by atoms with Gasteiger partial charge in [-0.2, -0.15) is 0 Å². The van der Waals surface area contributed by atoms with Crippen molar-refractivity contribution < 1.29 is 4.74 Å². The van der Waals surface area contributed by atoms with Crippen LogP contribution < -0.4 is 10.1 Å². The molecule has 0 bridgehead atoms. The van der Waals surface area contributed by atoms with Gasteiger partial charge >= 0.3 is 0 Å². The molecule has 118 valence electrons. The van der Waals surface area contributed by atoms with Crippen LogP contribution in [0.15, 0.2) is 18.2 Å². The number of ether oxygens (including phenoxy) is 1. The minimum absolute atomic E-state index is 0.738. The fourth-order valence-corrected chi connectivity index (χ4v) is 3.56. The highest BCUT2D eigenvalue weighted by Gasteiger charge is 2.27. The highest BCUT2D eigenvalue weighted by molar-refractivity contribution is 5.37. The zero-order valence-corrected chi connectivity index (χ0v) is 14.1. The van der Waals surface area contributed by atoms with Crippen molar-refractivity contribution in [1.29, 1.82) is 0 Å². The minimum Gasteiger partial charge on any atom is -0.496 e. The molecule has 1 fully saturated rings. The first-order valence-electron chi connectivity index (χ1n) is 8.44. The van der Waals surface area contributed by atoms with E-state index in [1.165, 1.54) is 43.4 Å². The highest BCUT2D eigenvalue weighted by atomic mass is 16.5. The third kappa shape index (κ3) is 4.74. The maximum atomic E-state index is 5.54. The van der Waals surface area contributed by atoms with Crippen LogP contribution in [0.25, 0.3) is 0 Å². The Bertz CT molecular complexity index is 441. The molecule has 0 saturated heterocycles. The summed E-state index contributed by atoms with van der Waals surface area (Å²) in [6, 6.07) is 6.56. The first-order chi connectivity index (χ1) is 10.1. The molecule has 0 radical (unpaired) electrons. The number of nitrogens with one attached hydrogen (secondary N) is 1. The monoisotopic (exact) mass is 289 g/mol. The number of hydrogen-bond donors (Lipinski definition) is 1. The van der Waals surface area contributed by atoms with E-state index in [9.17, 15) is 0 Å². The van der Waals surface area contributed by atoms with Gasteiger partial charge in [0.1, 0.15) is 5.75 Å². The zero-order chi connectivity index (χ0) is 15.2. The van der Waals surface area contributed by atoms with Gasteiger partial charge in [-0.3, -0.25) is 0 Å². The van der Waals surface area contributed by atoms with E-state index < -0.39 is 0 Å². The molecule has 2 nitrogen and oxygen atoms in total. The highest BCUT2D eigenvalue weighted by Crippen LogP contribution is 2.36. The molecule has 2 rings (SSSR count). The second-order valence-electron chi connectivity index (χ2n) is 7.02. The van der Waals surface area contributed by atoms with E-state index in [1.807, 2.05) is 0 Å². The van der Waals surface area contributed by atoms with E-state index in [0.29, 0.717) is 0 Å². The number of rotatable bonds is 7. The molecule has 0 heterocycles. The fraction of sp³-hybridized carbons (Fsp3) is 0.684. The van der Waals surface area contributed by atoms with Crippen molar-refractivity contribution in [3.8, 4) is 5.75 Å². The lowest BCUT2D eigenvalue weighted by atomic mass is 9.88. The third-order valence-electron chi connectivity index (χ3n) is 4.69. The van der Waals surface area contributed by atoms with E-state index in [4.69, 9.17) is 4.74 Å². The molecule has 1 aromatic carbocycles. The Labute approximate surface area is 130 Å². The summed E-state index contributed by atoms with van der Waals surface area (Å²) in [4.78, 5) is 0. The Hall–Kier alpha value is -1.02. The molecule has 0 spiro atoms. The van der Waals surface area contributed by atoms with Gasteiger partial charge in [0, 0.05) is 0 Å². The average Bonchev–Trinajstić information content (AvgIpc) is 2.86. The van der Waals surface area contributed by atoms with Crippen LogP contribution in [0.2, 0.25) is 0 Å². The second kappa shape index (κ2) is 7.84. The van der Waals surface area contributed by atoms with Crippen molar-refractivity contribution in [2.45, 2.75) is 46.5 Å². The van der Waals surface area contributed by atoms with Gasteiger partial charge in [-0.1, -0.05) is 38.0 Å². The largest absolute Gasteiger partial charge is 0.496 e. The van der Waals surface area contributed by atoms with Crippen molar-refractivity contribution in [1.82, 2.24) is 5.32 Å². The summed E-state index contributed by atoms with van der Waals surface area (Å²) in [5, 5.41) is 3.65. The Kier molecular flexibility index (Phi) is 6.10. The Balaban J connectivity index is 1.96. The maximum Gasteiger partial charge on any atom is 0.122 e. The van der Waals surface area contributed by atoms with E-state index >= 15 is 0 Å². The van der Waals surface area contributed by atoms with Crippen LogP contribution in [0, 0.1) is 24.7 Å². The Morgan fingerprint density at radius 2 is 2.00 bits per heavy atom. The van der Waals surface area contributed by atoms with Crippen molar-refractivity contribution in [2.24, 2.45) is 17.8 Å². The summed E-state index contributed by atoms with van der Waals surface area (Å²) in [5.41, 5.74) is 2.72. The van der Waals surface area contributed by atoms with Crippen LogP contribution in [-0.2, 0) is 6.42 Å². The summed E-state index contributed by atoms with van der Waals surface area (Å²) < 4.78 is 5.54. The molecule has 1 aliphatic rings. The molecule has 2 atom stereocenters. The molecule has 2 heteroatoms. The number of methoxy groups -OCH3 is 1. The predicted octanol–water partition coefficient (Wildman–Crippen LogP) is 4.21. The lowest BCUT2D eigenvalue weighted by Crippen LogP contribution is -2.29. The van der Waals surface area contributed by atoms with Gasteiger partial charge in [0.05, 0.1) is 7.11 Å². The molecule has 0 aliphatic heterocycles. The van der Waals surface area contributed by atoms with Gasteiger partial charge in [0.2, 0.25) is 0 Å². The molecular weight excluding hydrogens is 258 g/mol. The number of benzene rings is 1. The summed E-state index contributed by atoms with van der Waals surface area (Å²) in [5.74, 6) is 3.43. The predicted molar refractivity (Wildman–Crippen MR) is 90.0 cm³/mol. The molecule has 0 aromatic heterocycles. The standard InChI is InChI=1S/C19H31NO/c1-14(2)12-20-13-17-7-5-6-16(17)11-18-10-15(3)8-9-19(18)21-4/h8-10,14,16-17,20H,5-7,11-13H2,1-4H3. The van der Waals surface area contributed by atoms with Crippen molar-refractivity contribution in [3.63, 3.8) is 0 Å². The lowest BCUT2D eigenvalue weighted by molar-refractivity contribution is 0.349. The molecule has 1 saturated carbocycles. The lowest BCUT2D eigenvalue weighted by Gasteiger charge is -2.22. The van der Waals surface area contributed by atoms with Gasteiger partial charge in [0.25, 0.3) is 0 Å². The van der Waals surface area contributed by atoms with E-state index in [1.54, 1.807) is 7.11 Å². The molecule has 21 heavy (non-hydrogen) atoms. The first kappa shape index (κ1) is 16.4. The topological polar surface area (TPSA) is 21.3 Å². The van der Waals surface area contributed by atoms with Crippen LogP contribution in [0.3, 0.4) is 0 Å². The minimum atomic E-state index is 0.738. The quantitative estimate of drug-likeness (QED) is 0.812. The summed E-state index contributed by atoms with van der Waals surface area (Å²) in [6.07, 6.45) is 5.29. The van der Waals surface area contributed by atoms with E-state index in [2.05, 4.69) is 44.3 Å². The third-order valence-corrected chi connectivity index (χ3v) is 4.69. The molecular formula is C19H31NO. The number of aryl methyl sites for hydroxylation is 1. The summed E-state index contributed by atoms with van der Waals surface area (Å²) in [6.45, 7) is 9.03. The summed E-state index contributed by atoms with van der Waals surface area (Å²) >= 11 is 0. The van der Waals surface area contributed by atoms with E-state index in [0.717, 1.165) is 30.0 Å². The SMILES string of the molecule is COc1ccc(C)cc1CC1CCCC1CNCC(C)C. The van der Waals surface area contributed by atoms with Gasteiger partial charge in [-0.15, -0.1) is 0 Å². The van der Waals surface area contributed by atoms with Gasteiger partial charge in [-0.25, -0.2) is 0 Å². The average molecular weight is 289 g/mol. The zero-order valence-electron chi connectivity index (χ0n) is 14.1. The van der Waals surface area contributed by atoms with E-state index in [-0.39, 0.29) is 0 Å². The maximum absolute atomic E-state index is 5.54. The van der Waals surface area contributed by atoms with Crippen molar-refractivity contribution in [3.05, 3.63) is 29.3 Å². The van der Waals surface area contributed by atoms with Gasteiger partial charge < -0.3 is 10.1 Å². The normalized spacial score (nSPS) is 22.0. The van der Waals surface area contributed by atoms with Crippen LogP contribution in [0.5, 0.6) is 5.75 Å². The van der Waals surface area contributed by atoms with Gasteiger partial charge in [-0.05, 0) is 68.7 Å². The van der Waals surface area contributed by atoms with Crippen molar-refractivity contribution in [2.75, 3.05) is 20.2 Å². The van der Waals surface area contributed by atoms with Crippen LogP contribution in [-0.4, -0.2) is 20.2 Å². The first-order valence-corrected chi connectivity index (χ1v) is 8.44. The van der Waals surface area contributed by atoms with Crippen molar-refractivity contribution >= 4 is 0 Å². The molecule has 1 aliphatic carbocycles. The molecule has 2 unspecified atom stereocenters. The molecule has 1 aromatic rings. The smallest absolute Gasteiger partial charge is 0.122 e.